The summed E-state index contributed by atoms with van der Waals surface area (Å²) in [6.45, 7) is 0. The van der Waals surface area contributed by atoms with Crippen LogP contribution in [0.5, 0.6) is 0 Å². The summed E-state index contributed by atoms with van der Waals surface area (Å²) in [6, 6.07) is 20.1. The van der Waals surface area contributed by atoms with Crippen LogP contribution >= 0.6 is 11.8 Å². The number of rotatable bonds is 7. The third kappa shape index (κ3) is 4.78. The van der Waals surface area contributed by atoms with E-state index in [4.69, 9.17) is 9.52 Å². The molecule has 9 heteroatoms. The highest BCUT2D eigenvalue weighted by Crippen LogP contribution is 2.30. The van der Waals surface area contributed by atoms with E-state index in [0.29, 0.717) is 29.7 Å². The fraction of sp³-hybridized carbons (Fsp3) is 0.261. The van der Waals surface area contributed by atoms with Crippen molar-refractivity contribution in [1.29, 1.82) is 0 Å². The van der Waals surface area contributed by atoms with Gasteiger partial charge < -0.3 is 4.42 Å². The van der Waals surface area contributed by atoms with E-state index < -0.39 is 9.84 Å². The molecule has 1 aliphatic rings. The Balaban J connectivity index is 1.33. The molecule has 0 unspecified atom stereocenters. The zero-order chi connectivity index (χ0) is 22.0. The predicted octanol–water partition coefficient (Wildman–Crippen LogP) is 4.19. The quantitative estimate of drug-likeness (QED) is 0.377. The minimum Gasteiger partial charge on any atom is -0.416 e. The topological polar surface area (TPSA) is 90.9 Å². The van der Waals surface area contributed by atoms with E-state index in [2.05, 4.69) is 10.2 Å². The summed E-state index contributed by atoms with van der Waals surface area (Å²) in [7, 11) is -2.91. The fourth-order valence-electron chi connectivity index (χ4n) is 3.87. The maximum absolute atomic E-state index is 11.7. The second-order valence-electron chi connectivity index (χ2n) is 7.87. The van der Waals surface area contributed by atoms with Gasteiger partial charge in [-0.05, 0) is 24.5 Å². The highest BCUT2D eigenvalue weighted by atomic mass is 32.2. The molecular formula is C23H22N4O3S2. The van der Waals surface area contributed by atoms with Gasteiger partial charge in [-0.1, -0.05) is 60.3 Å². The normalized spacial score (nSPS) is 17.6. The molecule has 1 saturated heterocycles. The fourth-order valence-corrected chi connectivity index (χ4v) is 6.47. The second-order valence-corrected chi connectivity index (χ2v) is 11.0. The highest BCUT2D eigenvalue weighted by molar-refractivity contribution is 7.98. The Morgan fingerprint density at radius 3 is 2.50 bits per heavy atom. The molecule has 0 amide bonds. The van der Waals surface area contributed by atoms with E-state index in [1.54, 1.807) is 0 Å². The molecule has 7 nitrogen and oxygen atoms in total. The van der Waals surface area contributed by atoms with Gasteiger partial charge in [-0.3, -0.25) is 0 Å². The minimum atomic E-state index is -2.91. The largest absolute Gasteiger partial charge is 0.416 e. The van der Waals surface area contributed by atoms with Crippen molar-refractivity contribution in [3.05, 3.63) is 78.3 Å². The number of benzene rings is 2. The van der Waals surface area contributed by atoms with E-state index in [1.165, 1.54) is 11.8 Å². The van der Waals surface area contributed by atoms with Gasteiger partial charge >= 0.3 is 0 Å². The van der Waals surface area contributed by atoms with Crippen molar-refractivity contribution in [2.24, 2.45) is 5.92 Å². The summed E-state index contributed by atoms with van der Waals surface area (Å²) in [6.07, 6.45) is 3.20. The SMILES string of the molecule is O=S1(=O)CC[C@@H](Cc2nnc(SCc3cn(-c4ccccc4)nc3-c3ccccc3)o2)C1. The van der Waals surface area contributed by atoms with Crippen molar-refractivity contribution in [1.82, 2.24) is 20.0 Å². The van der Waals surface area contributed by atoms with Crippen molar-refractivity contribution < 1.29 is 12.8 Å². The van der Waals surface area contributed by atoms with Crippen LogP contribution in [0.1, 0.15) is 17.9 Å². The van der Waals surface area contributed by atoms with Gasteiger partial charge in [0.1, 0.15) is 0 Å². The van der Waals surface area contributed by atoms with Crippen LogP contribution in [-0.4, -0.2) is 39.9 Å². The van der Waals surface area contributed by atoms with Crippen LogP contribution in [0.4, 0.5) is 0 Å². The van der Waals surface area contributed by atoms with E-state index in [-0.39, 0.29) is 17.4 Å². The first-order valence-electron chi connectivity index (χ1n) is 10.4. The Kier molecular flexibility index (Phi) is 5.84. The van der Waals surface area contributed by atoms with Gasteiger partial charge in [0.15, 0.2) is 9.84 Å². The van der Waals surface area contributed by atoms with Gasteiger partial charge in [-0.15, -0.1) is 10.2 Å². The Labute approximate surface area is 190 Å². The summed E-state index contributed by atoms with van der Waals surface area (Å²) in [5.74, 6) is 1.64. The van der Waals surface area contributed by atoms with Gasteiger partial charge in [-0.25, -0.2) is 13.1 Å². The van der Waals surface area contributed by atoms with Crippen LogP contribution < -0.4 is 0 Å². The molecule has 5 rings (SSSR count). The average molecular weight is 467 g/mol. The van der Waals surface area contributed by atoms with E-state index in [0.717, 1.165) is 22.5 Å². The van der Waals surface area contributed by atoms with Crippen molar-refractivity contribution >= 4 is 21.6 Å². The van der Waals surface area contributed by atoms with Crippen molar-refractivity contribution in [2.75, 3.05) is 11.5 Å². The first kappa shape index (κ1) is 21.0. The molecule has 4 aromatic rings. The van der Waals surface area contributed by atoms with Crippen LogP contribution in [0.3, 0.4) is 0 Å². The van der Waals surface area contributed by atoms with Crippen LogP contribution in [0.15, 0.2) is 76.5 Å². The number of hydrogen-bond acceptors (Lipinski definition) is 7. The maximum Gasteiger partial charge on any atom is 0.276 e. The summed E-state index contributed by atoms with van der Waals surface area (Å²) in [5, 5.41) is 13.6. The highest BCUT2D eigenvalue weighted by Gasteiger charge is 2.29. The number of aromatic nitrogens is 4. The zero-order valence-electron chi connectivity index (χ0n) is 17.3. The molecule has 0 N–H and O–H groups in total. The molecule has 32 heavy (non-hydrogen) atoms. The Bertz CT molecular complexity index is 1300. The van der Waals surface area contributed by atoms with Gasteiger partial charge in [0.2, 0.25) is 5.89 Å². The Morgan fingerprint density at radius 2 is 1.78 bits per heavy atom. The Morgan fingerprint density at radius 1 is 1.03 bits per heavy atom. The number of sulfone groups is 1. The maximum atomic E-state index is 11.7. The van der Waals surface area contributed by atoms with E-state index in [9.17, 15) is 8.42 Å². The lowest BCUT2D eigenvalue weighted by Crippen LogP contribution is -2.07. The molecule has 1 fully saturated rings. The van der Waals surface area contributed by atoms with Crippen LogP contribution in [0, 0.1) is 5.92 Å². The molecule has 1 aliphatic heterocycles. The van der Waals surface area contributed by atoms with Crippen molar-refractivity contribution in [3.8, 4) is 16.9 Å². The molecule has 2 aromatic heterocycles. The molecule has 0 radical (unpaired) electrons. The lowest BCUT2D eigenvalue weighted by Gasteiger charge is -2.02. The van der Waals surface area contributed by atoms with Crippen molar-refractivity contribution in [2.45, 2.75) is 23.8 Å². The van der Waals surface area contributed by atoms with Crippen LogP contribution in [0.25, 0.3) is 16.9 Å². The summed E-state index contributed by atoms with van der Waals surface area (Å²) in [5.41, 5.74) is 4.02. The first-order valence-corrected chi connectivity index (χ1v) is 13.2. The Hall–Kier alpha value is -2.91. The third-order valence-corrected chi connectivity index (χ3v) is 8.15. The molecular weight excluding hydrogens is 444 g/mol. The molecule has 0 aliphatic carbocycles. The molecule has 0 saturated carbocycles. The third-order valence-electron chi connectivity index (χ3n) is 5.45. The molecule has 1 atom stereocenters. The number of para-hydroxylation sites is 1. The smallest absolute Gasteiger partial charge is 0.276 e. The first-order chi connectivity index (χ1) is 15.6. The van der Waals surface area contributed by atoms with Gasteiger partial charge in [0.05, 0.1) is 22.9 Å². The average Bonchev–Trinajstić information content (AvgIpc) is 3.52. The van der Waals surface area contributed by atoms with Gasteiger partial charge in [-0.2, -0.15) is 5.10 Å². The lowest BCUT2D eigenvalue weighted by atomic mass is 10.1. The predicted molar refractivity (Wildman–Crippen MR) is 123 cm³/mol. The standard InChI is InChI=1S/C23H22N4O3S2/c28-32(29)12-11-17(16-32)13-21-24-25-23(30-21)31-15-19-14-27(20-9-5-2-6-10-20)26-22(19)18-7-3-1-4-8-18/h1-10,14,17H,11-13,15-16H2/t17-/m0/s1. The molecule has 164 valence electrons. The van der Waals surface area contributed by atoms with Gasteiger partial charge in [0.25, 0.3) is 5.22 Å². The molecule has 0 spiro atoms. The zero-order valence-corrected chi connectivity index (χ0v) is 18.9. The summed E-state index contributed by atoms with van der Waals surface area (Å²) >= 11 is 1.46. The summed E-state index contributed by atoms with van der Waals surface area (Å²) < 4.78 is 31.0. The molecule has 3 heterocycles. The summed E-state index contributed by atoms with van der Waals surface area (Å²) in [4.78, 5) is 0. The van der Waals surface area contributed by atoms with Crippen LogP contribution in [0.2, 0.25) is 0 Å². The minimum absolute atomic E-state index is 0.0621. The van der Waals surface area contributed by atoms with Crippen molar-refractivity contribution in [3.63, 3.8) is 0 Å². The second kappa shape index (κ2) is 8.91. The van der Waals surface area contributed by atoms with Gasteiger partial charge in [0, 0.05) is 29.5 Å². The number of thioether (sulfide) groups is 1. The number of nitrogens with zero attached hydrogens (tertiary/aromatic N) is 4. The van der Waals surface area contributed by atoms with E-state index >= 15 is 0 Å². The van der Waals surface area contributed by atoms with Crippen LogP contribution in [-0.2, 0) is 22.0 Å². The molecule has 2 aromatic carbocycles. The van der Waals surface area contributed by atoms with E-state index in [1.807, 2.05) is 71.5 Å². The molecule has 0 bridgehead atoms. The number of hydrogen-bond donors (Lipinski definition) is 0. The lowest BCUT2D eigenvalue weighted by molar-refractivity contribution is 0.389. The monoisotopic (exact) mass is 466 g/mol.